The molecule has 0 aliphatic heterocycles. The zero-order chi connectivity index (χ0) is 13.3. The van der Waals surface area contributed by atoms with E-state index in [1.165, 1.54) is 0 Å². The maximum atomic E-state index is 14.7. The lowest BCUT2D eigenvalue weighted by Crippen LogP contribution is -2.47. The summed E-state index contributed by atoms with van der Waals surface area (Å²) >= 11 is 11.7. The molecule has 1 aromatic carbocycles. The Morgan fingerprint density at radius 3 is 2.18 bits per heavy atom. The van der Waals surface area contributed by atoms with E-state index in [-0.39, 0.29) is 13.0 Å². The molecule has 0 aliphatic carbocycles. The van der Waals surface area contributed by atoms with Crippen molar-refractivity contribution >= 4 is 23.2 Å². The highest BCUT2D eigenvalue weighted by atomic mass is 35.5. The van der Waals surface area contributed by atoms with Crippen LogP contribution in [0.15, 0.2) is 18.2 Å². The minimum Gasteiger partial charge on any atom is -0.327 e. The molecule has 0 amide bonds. The Hall–Kier alpha value is -0.310. The van der Waals surface area contributed by atoms with Crippen LogP contribution in [0.5, 0.6) is 0 Å². The molecule has 0 aromatic heterocycles. The summed E-state index contributed by atoms with van der Waals surface area (Å²) in [5.74, 6) is 0. The first-order valence-electron chi connectivity index (χ1n) is 5.52. The molecule has 0 radical (unpaired) electrons. The Bertz CT molecular complexity index is 401. The first-order valence-corrected chi connectivity index (χ1v) is 6.28. The predicted molar refractivity (Wildman–Crippen MR) is 72.5 cm³/mol. The molecule has 0 fully saturated rings. The molecular weight excluding hydrogens is 260 g/mol. The molecule has 1 aromatic rings. The molecule has 1 atom stereocenters. The number of rotatable bonds is 3. The van der Waals surface area contributed by atoms with Gasteiger partial charge in [0.25, 0.3) is 0 Å². The quantitative estimate of drug-likeness (QED) is 0.878. The van der Waals surface area contributed by atoms with Gasteiger partial charge in [0.2, 0.25) is 0 Å². The number of benzene rings is 1. The SMILES string of the molecule is CC(C)(C)C(F)(CN)Cc1ccc(Cl)c(Cl)c1. The van der Waals surface area contributed by atoms with E-state index in [1.807, 2.05) is 20.8 Å². The highest BCUT2D eigenvalue weighted by molar-refractivity contribution is 6.42. The van der Waals surface area contributed by atoms with Gasteiger partial charge in [-0.1, -0.05) is 50.0 Å². The van der Waals surface area contributed by atoms with Gasteiger partial charge in [-0.2, -0.15) is 0 Å². The fourth-order valence-corrected chi connectivity index (χ4v) is 1.94. The molecule has 0 bridgehead atoms. The lowest BCUT2D eigenvalue weighted by molar-refractivity contribution is 0.0382. The molecule has 1 nitrogen and oxygen atoms in total. The molecule has 0 aliphatic rings. The van der Waals surface area contributed by atoms with Crippen LogP contribution in [0.3, 0.4) is 0 Å². The van der Waals surface area contributed by atoms with Gasteiger partial charge < -0.3 is 5.73 Å². The van der Waals surface area contributed by atoms with Gasteiger partial charge >= 0.3 is 0 Å². The van der Waals surface area contributed by atoms with E-state index in [9.17, 15) is 4.39 Å². The standard InChI is InChI=1S/C13H18Cl2FN/c1-12(2,3)13(16,8-17)7-9-4-5-10(14)11(15)6-9/h4-6H,7-8,17H2,1-3H3. The Morgan fingerprint density at radius 2 is 1.76 bits per heavy atom. The van der Waals surface area contributed by atoms with E-state index in [0.29, 0.717) is 10.0 Å². The van der Waals surface area contributed by atoms with Crippen molar-refractivity contribution in [2.45, 2.75) is 32.9 Å². The molecule has 0 spiro atoms. The minimum absolute atomic E-state index is 0.0171. The third-order valence-corrected chi connectivity index (χ3v) is 3.88. The molecule has 1 rings (SSSR count). The zero-order valence-corrected chi connectivity index (χ0v) is 11.9. The van der Waals surface area contributed by atoms with Crippen molar-refractivity contribution in [1.82, 2.24) is 0 Å². The average molecular weight is 278 g/mol. The normalized spacial score (nSPS) is 15.7. The summed E-state index contributed by atoms with van der Waals surface area (Å²) in [6, 6.07) is 5.16. The fourth-order valence-electron chi connectivity index (χ4n) is 1.62. The molecule has 17 heavy (non-hydrogen) atoms. The van der Waals surface area contributed by atoms with E-state index in [0.717, 1.165) is 5.56 Å². The van der Waals surface area contributed by atoms with Gasteiger partial charge in [0.15, 0.2) is 0 Å². The second-order valence-corrected chi connectivity index (χ2v) is 6.16. The fraction of sp³-hybridized carbons (Fsp3) is 0.538. The molecule has 96 valence electrons. The largest absolute Gasteiger partial charge is 0.327 e. The third kappa shape index (κ3) is 3.34. The third-order valence-electron chi connectivity index (χ3n) is 3.14. The molecule has 0 saturated carbocycles. The van der Waals surface area contributed by atoms with Crippen LogP contribution in [0.1, 0.15) is 26.3 Å². The Balaban J connectivity index is 2.99. The van der Waals surface area contributed by atoms with Crippen molar-refractivity contribution in [2.75, 3.05) is 6.54 Å². The summed E-state index contributed by atoms with van der Waals surface area (Å²) < 4.78 is 14.7. The molecule has 4 heteroatoms. The smallest absolute Gasteiger partial charge is 0.132 e. The first-order chi connectivity index (χ1) is 7.69. The topological polar surface area (TPSA) is 26.0 Å². The second-order valence-electron chi connectivity index (χ2n) is 5.34. The van der Waals surface area contributed by atoms with Crippen LogP contribution in [0, 0.1) is 5.41 Å². The Kier molecular flexibility index (Phi) is 4.45. The van der Waals surface area contributed by atoms with E-state index in [2.05, 4.69) is 0 Å². The van der Waals surface area contributed by atoms with Crippen LogP contribution < -0.4 is 5.73 Å². The van der Waals surface area contributed by atoms with Crippen LogP contribution in [-0.2, 0) is 6.42 Å². The van der Waals surface area contributed by atoms with Crippen molar-refractivity contribution in [3.8, 4) is 0 Å². The summed E-state index contributed by atoms with van der Waals surface area (Å²) in [7, 11) is 0. The van der Waals surface area contributed by atoms with Crippen molar-refractivity contribution in [3.05, 3.63) is 33.8 Å². The minimum atomic E-state index is -1.45. The summed E-state index contributed by atoms with van der Waals surface area (Å²) in [5, 5.41) is 0.917. The Morgan fingerprint density at radius 1 is 1.18 bits per heavy atom. The number of alkyl halides is 1. The van der Waals surface area contributed by atoms with Gasteiger partial charge in [-0.25, -0.2) is 4.39 Å². The maximum absolute atomic E-state index is 14.7. The molecular formula is C13H18Cl2FN. The summed E-state index contributed by atoms with van der Waals surface area (Å²) in [5.41, 5.74) is 4.41. The van der Waals surface area contributed by atoms with Crippen molar-refractivity contribution in [3.63, 3.8) is 0 Å². The zero-order valence-electron chi connectivity index (χ0n) is 10.4. The van der Waals surface area contributed by atoms with Gasteiger partial charge in [-0.05, 0) is 23.1 Å². The summed E-state index contributed by atoms with van der Waals surface area (Å²) in [6.07, 6.45) is 0.240. The van der Waals surface area contributed by atoms with Gasteiger partial charge in [0.1, 0.15) is 5.67 Å². The second kappa shape index (κ2) is 5.13. The Labute approximate surface area is 112 Å². The molecule has 2 N–H and O–H groups in total. The van der Waals surface area contributed by atoms with Gasteiger partial charge in [0.05, 0.1) is 10.0 Å². The number of nitrogens with two attached hydrogens (primary N) is 1. The van der Waals surface area contributed by atoms with E-state index in [1.54, 1.807) is 18.2 Å². The molecule has 0 saturated heterocycles. The van der Waals surface area contributed by atoms with E-state index in [4.69, 9.17) is 28.9 Å². The van der Waals surface area contributed by atoms with Crippen LogP contribution in [-0.4, -0.2) is 12.2 Å². The highest BCUT2D eigenvalue weighted by Crippen LogP contribution is 2.37. The lowest BCUT2D eigenvalue weighted by Gasteiger charge is -2.37. The van der Waals surface area contributed by atoms with E-state index < -0.39 is 11.1 Å². The number of hydrogen-bond donors (Lipinski definition) is 1. The van der Waals surface area contributed by atoms with Crippen LogP contribution in [0.25, 0.3) is 0 Å². The first kappa shape index (κ1) is 14.7. The monoisotopic (exact) mass is 277 g/mol. The van der Waals surface area contributed by atoms with Crippen LogP contribution in [0.2, 0.25) is 10.0 Å². The van der Waals surface area contributed by atoms with Gasteiger partial charge in [0, 0.05) is 13.0 Å². The number of hydrogen-bond acceptors (Lipinski definition) is 1. The van der Waals surface area contributed by atoms with E-state index >= 15 is 0 Å². The predicted octanol–water partition coefficient (Wildman–Crippen LogP) is 4.25. The average Bonchev–Trinajstić information content (AvgIpc) is 2.22. The van der Waals surface area contributed by atoms with Crippen LogP contribution in [0.4, 0.5) is 4.39 Å². The maximum Gasteiger partial charge on any atom is 0.132 e. The van der Waals surface area contributed by atoms with Crippen molar-refractivity contribution in [1.29, 1.82) is 0 Å². The summed E-state index contributed by atoms with van der Waals surface area (Å²) in [6.45, 7) is 5.52. The van der Waals surface area contributed by atoms with Gasteiger partial charge in [-0.15, -0.1) is 0 Å². The number of halogens is 3. The van der Waals surface area contributed by atoms with Crippen LogP contribution >= 0.6 is 23.2 Å². The molecule has 1 unspecified atom stereocenters. The van der Waals surface area contributed by atoms with Crippen molar-refractivity contribution in [2.24, 2.45) is 11.1 Å². The molecule has 0 heterocycles. The van der Waals surface area contributed by atoms with Gasteiger partial charge in [-0.3, -0.25) is 0 Å². The highest BCUT2D eigenvalue weighted by Gasteiger charge is 2.41. The lowest BCUT2D eigenvalue weighted by atomic mass is 9.74. The van der Waals surface area contributed by atoms with Crippen molar-refractivity contribution < 1.29 is 4.39 Å². The summed E-state index contributed by atoms with van der Waals surface area (Å²) in [4.78, 5) is 0.